The zero-order valence-corrected chi connectivity index (χ0v) is 15.1. The highest BCUT2D eigenvalue weighted by Gasteiger charge is 2.20. The van der Waals surface area contributed by atoms with Crippen molar-refractivity contribution < 1.29 is 18.8 Å². The molecule has 0 aliphatic carbocycles. The van der Waals surface area contributed by atoms with Crippen molar-refractivity contribution in [2.45, 2.75) is 32.8 Å². The molecule has 0 bridgehead atoms. The van der Waals surface area contributed by atoms with E-state index in [0.717, 1.165) is 5.56 Å². The van der Waals surface area contributed by atoms with E-state index in [9.17, 15) is 9.59 Å². The average Bonchev–Trinajstić information content (AvgIpc) is 3.18. The third-order valence-electron chi connectivity index (χ3n) is 3.95. The molecule has 0 saturated carbocycles. The van der Waals surface area contributed by atoms with Crippen LogP contribution in [0.4, 0.5) is 0 Å². The molecular formula is C20H19N3O4. The Balaban J connectivity index is 1.52. The van der Waals surface area contributed by atoms with Gasteiger partial charge in [-0.15, -0.1) is 0 Å². The van der Waals surface area contributed by atoms with E-state index < -0.39 is 12.1 Å². The largest absolute Gasteiger partial charge is 0.453 e. The number of carbonyl (C=O) groups is 2. The fraction of sp³-hybridized carbons (Fsp3) is 0.250. The lowest BCUT2D eigenvalue weighted by Gasteiger charge is -2.08. The first-order chi connectivity index (χ1) is 13.0. The molecule has 138 valence electrons. The van der Waals surface area contributed by atoms with Crippen LogP contribution in [-0.2, 0) is 9.53 Å². The van der Waals surface area contributed by atoms with Crippen molar-refractivity contribution in [1.29, 1.82) is 0 Å². The number of ether oxygens (including phenoxy) is 1. The number of hydrogen-bond acceptors (Lipinski definition) is 7. The molecule has 0 radical (unpaired) electrons. The van der Waals surface area contributed by atoms with Gasteiger partial charge >= 0.3 is 5.97 Å². The molecule has 27 heavy (non-hydrogen) atoms. The summed E-state index contributed by atoms with van der Waals surface area (Å²) in [4.78, 5) is 32.4. The van der Waals surface area contributed by atoms with E-state index in [1.807, 2.05) is 19.1 Å². The molecule has 1 atom stereocenters. The van der Waals surface area contributed by atoms with Gasteiger partial charge in [-0.3, -0.25) is 14.6 Å². The van der Waals surface area contributed by atoms with Crippen LogP contribution in [0.1, 0.15) is 47.7 Å². The minimum Gasteiger partial charge on any atom is -0.453 e. The summed E-state index contributed by atoms with van der Waals surface area (Å²) in [5.41, 5.74) is 2.36. The molecular weight excluding hydrogens is 346 g/mol. The number of rotatable bonds is 7. The Labute approximate surface area is 156 Å². The smallest absolute Gasteiger partial charge is 0.307 e. The minimum absolute atomic E-state index is 0.0132. The molecule has 7 heteroatoms. The lowest BCUT2D eigenvalue weighted by Crippen LogP contribution is -2.11. The third-order valence-corrected chi connectivity index (χ3v) is 3.95. The van der Waals surface area contributed by atoms with Gasteiger partial charge < -0.3 is 9.26 Å². The Kier molecular flexibility index (Phi) is 5.71. The first kappa shape index (κ1) is 18.4. The monoisotopic (exact) mass is 365 g/mol. The number of aromatic nitrogens is 3. The Morgan fingerprint density at radius 2 is 1.93 bits per heavy atom. The summed E-state index contributed by atoms with van der Waals surface area (Å²) >= 11 is 0. The lowest BCUT2D eigenvalue weighted by molar-refractivity contribution is -0.149. The molecule has 0 spiro atoms. The van der Waals surface area contributed by atoms with Crippen molar-refractivity contribution in [2.24, 2.45) is 0 Å². The van der Waals surface area contributed by atoms with E-state index in [-0.39, 0.29) is 24.5 Å². The number of carbonyl (C=O) groups excluding carboxylic acids is 2. The van der Waals surface area contributed by atoms with Crippen molar-refractivity contribution in [3.05, 3.63) is 65.8 Å². The van der Waals surface area contributed by atoms with Crippen LogP contribution in [0.3, 0.4) is 0 Å². The normalized spacial score (nSPS) is 11.8. The van der Waals surface area contributed by atoms with Crippen molar-refractivity contribution in [3.63, 3.8) is 0 Å². The summed E-state index contributed by atoms with van der Waals surface area (Å²) in [6.45, 7) is 3.59. The van der Waals surface area contributed by atoms with Gasteiger partial charge in [0.2, 0.25) is 5.82 Å². The van der Waals surface area contributed by atoms with Crippen molar-refractivity contribution in [3.8, 4) is 11.4 Å². The van der Waals surface area contributed by atoms with E-state index in [1.165, 1.54) is 0 Å². The third kappa shape index (κ3) is 4.84. The highest BCUT2D eigenvalue weighted by atomic mass is 16.6. The Morgan fingerprint density at radius 3 is 2.63 bits per heavy atom. The van der Waals surface area contributed by atoms with E-state index in [2.05, 4.69) is 15.1 Å². The molecule has 1 aromatic carbocycles. The van der Waals surface area contributed by atoms with Crippen LogP contribution in [0.15, 0.2) is 53.3 Å². The fourth-order valence-corrected chi connectivity index (χ4v) is 2.42. The van der Waals surface area contributed by atoms with Gasteiger partial charge in [0.05, 0.1) is 6.42 Å². The topological polar surface area (TPSA) is 95.2 Å². The molecule has 0 aliphatic heterocycles. The Bertz CT molecular complexity index is 920. The zero-order valence-electron chi connectivity index (χ0n) is 15.1. The quantitative estimate of drug-likeness (QED) is 0.465. The predicted molar refractivity (Wildman–Crippen MR) is 96.8 cm³/mol. The molecule has 7 nitrogen and oxygen atoms in total. The number of aryl methyl sites for hydroxylation is 1. The lowest BCUT2D eigenvalue weighted by atomic mass is 10.1. The molecule has 3 rings (SSSR count). The van der Waals surface area contributed by atoms with Crippen molar-refractivity contribution >= 4 is 11.8 Å². The Hall–Kier alpha value is -3.35. The molecule has 0 aliphatic rings. The number of ketones is 1. The number of esters is 1. The zero-order chi connectivity index (χ0) is 19.2. The SMILES string of the molecule is Cc1ccc(C(=O)CCC(=O)OC(C)c2nc(-c3cccnc3)no2)cc1. The van der Waals surface area contributed by atoms with Crippen LogP contribution >= 0.6 is 0 Å². The Morgan fingerprint density at radius 1 is 1.15 bits per heavy atom. The maximum absolute atomic E-state index is 12.1. The number of hydrogen-bond donors (Lipinski definition) is 0. The van der Waals surface area contributed by atoms with Crippen LogP contribution in [0.2, 0.25) is 0 Å². The van der Waals surface area contributed by atoms with Crippen molar-refractivity contribution in [2.75, 3.05) is 0 Å². The van der Waals surface area contributed by atoms with Gasteiger partial charge in [-0.25, -0.2) is 0 Å². The maximum Gasteiger partial charge on any atom is 0.307 e. The van der Waals surface area contributed by atoms with Crippen LogP contribution in [0, 0.1) is 6.92 Å². The molecule has 0 N–H and O–H groups in total. The van der Waals surface area contributed by atoms with Gasteiger partial charge in [0.1, 0.15) is 0 Å². The second kappa shape index (κ2) is 8.35. The summed E-state index contributed by atoms with van der Waals surface area (Å²) in [6.07, 6.45) is 2.62. The number of nitrogens with zero attached hydrogens (tertiary/aromatic N) is 3. The summed E-state index contributed by atoms with van der Waals surface area (Å²) in [7, 11) is 0. The van der Waals surface area contributed by atoms with Crippen LogP contribution in [-0.4, -0.2) is 26.9 Å². The minimum atomic E-state index is -0.704. The van der Waals surface area contributed by atoms with Gasteiger partial charge in [-0.1, -0.05) is 35.0 Å². The van der Waals surface area contributed by atoms with Gasteiger partial charge in [0.25, 0.3) is 5.89 Å². The van der Waals surface area contributed by atoms with Crippen molar-refractivity contribution in [1.82, 2.24) is 15.1 Å². The van der Waals surface area contributed by atoms with E-state index >= 15 is 0 Å². The molecule has 0 amide bonds. The summed E-state index contributed by atoms with van der Waals surface area (Å²) < 4.78 is 10.4. The van der Waals surface area contributed by atoms with Gasteiger partial charge in [0, 0.05) is 29.9 Å². The number of Topliss-reactive ketones (excluding diaryl/α,β-unsaturated/α-hetero) is 1. The molecule has 2 aromatic heterocycles. The first-order valence-corrected chi connectivity index (χ1v) is 8.56. The van der Waals surface area contributed by atoms with E-state index in [0.29, 0.717) is 17.0 Å². The van der Waals surface area contributed by atoms with E-state index in [1.54, 1.807) is 43.6 Å². The van der Waals surface area contributed by atoms with Gasteiger partial charge in [-0.2, -0.15) is 4.98 Å². The molecule has 2 heterocycles. The number of pyridine rings is 1. The summed E-state index contributed by atoms with van der Waals surface area (Å²) in [5.74, 6) is -0.0389. The molecule has 3 aromatic rings. The fourth-order valence-electron chi connectivity index (χ4n) is 2.42. The van der Waals surface area contributed by atoms with Gasteiger partial charge in [0.15, 0.2) is 11.9 Å². The second-order valence-corrected chi connectivity index (χ2v) is 6.12. The first-order valence-electron chi connectivity index (χ1n) is 8.56. The maximum atomic E-state index is 12.1. The average molecular weight is 365 g/mol. The highest BCUT2D eigenvalue weighted by molar-refractivity contribution is 5.97. The standard InChI is InChI=1S/C20H19N3O4/c1-13-5-7-15(8-6-13)17(24)9-10-18(25)26-14(2)20-22-19(23-27-20)16-4-3-11-21-12-16/h3-8,11-12,14H,9-10H2,1-2H3. The molecule has 1 unspecified atom stereocenters. The number of benzene rings is 1. The highest BCUT2D eigenvalue weighted by Crippen LogP contribution is 2.20. The van der Waals surface area contributed by atoms with Crippen LogP contribution in [0.5, 0.6) is 0 Å². The predicted octanol–water partition coefficient (Wildman–Crippen LogP) is 3.71. The molecule has 0 saturated heterocycles. The van der Waals surface area contributed by atoms with Gasteiger partial charge in [-0.05, 0) is 26.0 Å². The summed E-state index contributed by atoms with van der Waals surface area (Å²) in [5, 5.41) is 3.86. The van der Waals surface area contributed by atoms with E-state index in [4.69, 9.17) is 9.26 Å². The summed E-state index contributed by atoms with van der Waals surface area (Å²) in [6, 6.07) is 10.8. The van der Waals surface area contributed by atoms with Crippen LogP contribution in [0.25, 0.3) is 11.4 Å². The second-order valence-electron chi connectivity index (χ2n) is 6.12. The van der Waals surface area contributed by atoms with Crippen LogP contribution < -0.4 is 0 Å². The molecule has 0 fully saturated rings.